The van der Waals surface area contributed by atoms with Crippen molar-refractivity contribution >= 4 is 24.9 Å². The van der Waals surface area contributed by atoms with Gasteiger partial charge in [-0.2, -0.15) is 4.98 Å². The van der Waals surface area contributed by atoms with E-state index < -0.39 is 44.2 Å². The van der Waals surface area contributed by atoms with Crippen LogP contribution in [0.5, 0.6) is 0 Å². The monoisotopic (exact) mass is 361 g/mol. The summed E-state index contributed by atoms with van der Waals surface area (Å²) >= 11 is 0. The summed E-state index contributed by atoms with van der Waals surface area (Å²) in [6, 6.07) is -0.705. The molecule has 0 bridgehead atoms. The van der Waals surface area contributed by atoms with Crippen LogP contribution in [0.15, 0.2) is 11.1 Å². The SMILES string of the molecule is Nc1nc2c(ncn2C2CC(COP(=O)(O)O)C(O)C2O)c(=O)[nH]1. The number of aliphatic hydroxyl groups is 2. The molecule has 132 valence electrons. The molecule has 1 aliphatic carbocycles. The summed E-state index contributed by atoms with van der Waals surface area (Å²) in [6.45, 7) is -0.429. The first kappa shape index (κ1) is 17.0. The molecule has 0 radical (unpaired) electrons. The number of fused-ring (bicyclic) bond motifs is 1. The highest BCUT2D eigenvalue weighted by Gasteiger charge is 2.43. The third-order valence-corrected chi connectivity index (χ3v) is 4.52. The van der Waals surface area contributed by atoms with Crippen molar-refractivity contribution in [2.24, 2.45) is 5.92 Å². The Labute approximate surface area is 134 Å². The minimum Gasteiger partial charge on any atom is -0.390 e. The molecule has 24 heavy (non-hydrogen) atoms. The van der Waals surface area contributed by atoms with Crippen molar-refractivity contribution in [1.29, 1.82) is 0 Å². The number of phosphoric ester groups is 1. The molecule has 4 atom stereocenters. The van der Waals surface area contributed by atoms with Crippen LogP contribution in [-0.4, -0.2) is 58.3 Å². The zero-order chi connectivity index (χ0) is 17.6. The Morgan fingerprint density at radius 2 is 2.12 bits per heavy atom. The fourth-order valence-electron chi connectivity index (χ4n) is 2.92. The van der Waals surface area contributed by atoms with Gasteiger partial charge in [-0.05, 0) is 6.42 Å². The maximum atomic E-state index is 11.8. The average molecular weight is 361 g/mol. The van der Waals surface area contributed by atoms with Gasteiger partial charge in [-0.3, -0.25) is 14.3 Å². The number of aliphatic hydroxyl groups excluding tert-OH is 2. The normalized spacial score (nSPS) is 27.8. The Bertz CT molecular complexity index is 860. The second kappa shape index (κ2) is 5.92. The molecule has 0 aliphatic heterocycles. The van der Waals surface area contributed by atoms with Crippen LogP contribution in [0.2, 0.25) is 0 Å². The summed E-state index contributed by atoms with van der Waals surface area (Å²) in [5, 5.41) is 20.3. The summed E-state index contributed by atoms with van der Waals surface area (Å²) in [5.74, 6) is -0.835. The van der Waals surface area contributed by atoms with Gasteiger partial charge in [0.05, 0.1) is 25.1 Å². The zero-order valence-corrected chi connectivity index (χ0v) is 13.1. The van der Waals surface area contributed by atoms with Crippen LogP contribution in [0.3, 0.4) is 0 Å². The van der Waals surface area contributed by atoms with E-state index in [1.807, 2.05) is 0 Å². The Hall–Kier alpha value is -1.82. The first-order valence-electron chi connectivity index (χ1n) is 6.96. The smallest absolute Gasteiger partial charge is 0.390 e. The third-order valence-electron chi connectivity index (χ3n) is 4.04. The molecular formula is C11H16N5O7P. The molecule has 2 aromatic rings. The number of hydrogen-bond acceptors (Lipinski definition) is 8. The number of aromatic amines is 1. The Morgan fingerprint density at radius 3 is 2.79 bits per heavy atom. The maximum Gasteiger partial charge on any atom is 0.469 e. The molecule has 13 heteroatoms. The van der Waals surface area contributed by atoms with Crippen LogP contribution >= 0.6 is 7.82 Å². The van der Waals surface area contributed by atoms with E-state index in [4.69, 9.17) is 15.5 Å². The van der Waals surface area contributed by atoms with Gasteiger partial charge < -0.3 is 30.3 Å². The van der Waals surface area contributed by atoms with Gasteiger partial charge in [0.1, 0.15) is 6.10 Å². The van der Waals surface area contributed by atoms with Gasteiger partial charge in [0.25, 0.3) is 5.56 Å². The molecule has 0 saturated heterocycles. The van der Waals surface area contributed by atoms with Crippen molar-refractivity contribution in [2.45, 2.75) is 24.7 Å². The van der Waals surface area contributed by atoms with Crippen LogP contribution in [0.25, 0.3) is 11.2 Å². The van der Waals surface area contributed by atoms with Crippen LogP contribution in [0.4, 0.5) is 5.95 Å². The number of nitrogen functional groups attached to an aromatic ring is 1. The lowest BCUT2D eigenvalue weighted by Crippen LogP contribution is -2.30. The molecule has 1 fully saturated rings. The zero-order valence-electron chi connectivity index (χ0n) is 12.2. The fourth-order valence-corrected chi connectivity index (χ4v) is 3.30. The van der Waals surface area contributed by atoms with Gasteiger partial charge in [0, 0.05) is 5.92 Å². The highest BCUT2D eigenvalue weighted by molar-refractivity contribution is 7.46. The van der Waals surface area contributed by atoms with Gasteiger partial charge in [0.15, 0.2) is 11.2 Å². The first-order chi connectivity index (χ1) is 11.2. The Morgan fingerprint density at radius 1 is 1.42 bits per heavy atom. The van der Waals surface area contributed by atoms with Crippen LogP contribution in [0.1, 0.15) is 12.5 Å². The molecule has 0 amide bonds. The van der Waals surface area contributed by atoms with Crippen molar-refractivity contribution in [3.8, 4) is 0 Å². The molecule has 12 nitrogen and oxygen atoms in total. The van der Waals surface area contributed by atoms with E-state index in [0.717, 1.165) is 0 Å². The summed E-state index contributed by atoms with van der Waals surface area (Å²) in [5.41, 5.74) is 5.14. The van der Waals surface area contributed by atoms with Crippen molar-refractivity contribution in [3.63, 3.8) is 0 Å². The lowest BCUT2D eigenvalue weighted by atomic mass is 10.1. The highest BCUT2D eigenvalue weighted by Crippen LogP contribution is 2.41. The van der Waals surface area contributed by atoms with E-state index in [9.17, 15) is 19.6 Å². The van der Waals surface area contributed by atoms with Gasteiger partial charge >= 0.3 is 7.82 Å². The largest absolute Gasteiger partial charge is 0.469 e. The molecule has 7 N–H and O–H groups in total. The van der Waals surface area contributed by atoms with Gasteiger partial charge in [-0.25, -0.2) is 9.55 Å². The second-order valence-electron chi connectivity index (χ2n) is 5.61. The molecule has 0 aromatic carbocycles. The topological polar surface area (TPSA) is 197 Å². The molecule has 4 unspecified atom stereocenters. The van der Waals surface area contributed by atoms with Crippen LogP contribution < -0.4 is 11.3 Å². The van der Waals surface area contributed by atoms with E-state index in [-0.39, 0.29) is 23.5 Å². The number of H-pyrrole nitrogens is 1. The lowest BCUT2D eigenvalue weighted by Gasteiger charge is -2.18. The number of nitrogens with two attached hydrogens (primary N) is 1. The van der Waals surface area contributed by atoms with Gasteiger partial charge in [-0.1, -0.05) is 0 Å². The molecule has 2 aromatic heterocycles. The number of hydrogen-bond donors (Lipinski definition) is 6. The number of aromatic nitrogens is 4. The number of nitrogens with zero attached hydrogens (tertiary/aromatic N) is 3. The fraction of sp³-hybridized carbons (Fsp3) is 0.545. The Balaban J connectivity index is 1.90. The van der Waals surface area contributed by atoms with Crippen molar-refractivity contribution in [2.75, 3.05) is 12.3 Å². The van der Waals surface area contributed by atoms with Crippen LogP contribution in [-0.2, 0) is 9.09 Å². The van der Waals surface area contributed by atoms with Crippen molar-refractivity contribution in [1.82, 2.24) is 19.5 Å². The molecule has 1 aliphatic rings. The van der Waals surface area contributed by atoms with E-state index in [2.05, 4.69) is 19.5 Å². The van der Waals surface area contributed by atoms with E-state index in [0.29, 0.717) is 0 Å². The molecule has 2 heterocycles. The summed E-state index contributed by atoms with van der Waals surface area (Å²) in [6.07, 6.45) is -1.09. The minimum atomic E-state index is -4.68. The van der Waals surface area contributed by atoms with E-state index >= 15 is 0 Å². The lowest BCUT2D eigenvalue weighted by molar-refractivity contribution is -0.00374. The number of anilines is 1. The quantitative estimate of drug-likeness (QED) is 0.334. The predicted octanol–water partition coefficient (Wildman–Crippen LogP) is -1.91. The first-order valence-corrected chi connectivity index (χ1v) is 8.49. The predicted molar refractivity (Wildman–Crippen MR) is 79.7 cm³/mol. The second-order valence-corrected chi connectivity index (χ2v) is 6.85. The standard InChI is InChI=1S/C11H16N5O7P/c12-11-14-9-6(10(19)15-11)13-3-16(9)5-1-4(7(17)8(5)18)2-23-24(20,21)22/h3-5,7-8,17-18H,1-2H2,(H2,20,21,22)(H3,12,14,15,19). The summed E-state index contributed by atoms with van der Waals surface area (Å²) in [4.78, 5) is 39.5. The van der Waals surface area contributed by atoms with Crippen molar-refractivity contribution < 1.29 is 29.1 Å². The number of rotatable bonds is 4. The molecule has 0 spiro atoms. The molecule has 1 saturated carbocycles. The molecular weight excluding hydrogens is 345 g/mol. The Kier molecular flexibility index (Phi) is 4.20. The number of imidazole rings is 1. The van der Waals surface area contributed by atoms with Crippen LogP contribution in [0, 0.1) is 5.92 Å². The van der Waals surface area contributed by atoms with Crippen molar-refractivity contribution in [3.05, 3.63) is 16.7 Å². The number of phosphoric acid groups is 1. The minimum absolute atomic E-state index is 0.0285. The summed E-state index contributed by atoms with van der Waals surface area (Å²) in [7, 11) is -4.68. The third kappa shape index (κ3) is 3.07. The molecule has 3 rings (SSSR count). The highest BCUT2D eigenvalue weighted by atomic mass is 31.2. The van der Waals surface area contributed by atoms with Gasteiger partial charge in [-0.15, -0.1) is 0 Å². The van der Waals surface area contributed by atoms with Gasteiger partial charge in [0.2, 0.25) is 5.95 Å². The van der Waals surface area contributed by atoms with E-state index in [1.165, 1.54) is 10.9 Å². The maximum absolute atomic E-state index is 11.8. The van der Waals surface area contributed by atoms with E-state index in [1.54, 1.807) is 0 Å². The number of nitrogens with one attached hydrogen (secondary N) is 1. The average Bonchev–Trinajstić information content (AvgIpc) is 3.00. The summed E-state index contributed by atoms with van der Waals surface area (Å²) < 4.78 is 16.6.